The third-order valence-corrected chi connectivity index (χ3v) is 7.15. The highest BCUT2D eigenvalue weighted by Crippen LogP contribution is 2.46. The molecule has 0 spiro atoms. The molecule has 3 aromatic heterocycles. The number of aryl methyl sites for hydroxylation is 1. The molecule has 6 rings (SSSR count). The summed E-state index contributed by atoms with van der Waals surface area (Å²) in [6, 6.07) is 10.2. The Morgan fingerprint density at radius 1 is 1.00 bits per heavy atom. The first-order valence-electron chi connectivity index (χ1n) is 9.48. The number of rotatable bonds is 3. The number of nitrogens with one attached hydrogen (secondary N) is 1. The number of anilines is 2. The molecule has 0 saturated heterocycles. The summed E-state index contributed by atoms with van der Waals surface area (Å²) >= 11 is 7.28. The summed E-state index contributed by atoms with van der Waals surface area (Å²) in [5.74, 6) is -1.22. The fourth-order valence-electron chi connectivity index (χ4n) is 4.29. The molecule has 3 amide bonds. The Hall–Kier alpha value is -3.16. The van der Waals surface area contributed by atoms with Gasteiger partial charge in [0.05, 0.1) is 16.7 Å². The van der Waals surface area contributed by atoms with E-state index in [2.05, 4.69) is 5.32 Å². The Labute approximate surface area is 179 Å². The zero-order chi connectivity index (χ0) is 20.6. The van der Waals surface area contributed by atoms with Gasteiger partial charge in [-0.3, -0.25) is 14.4 Å². The Balaban J connectivity index is 1.44. The van der Waals surface area contributed by atoms with Crippen molar-refractivity contribution in [1.29, 1.82) is 0 Å². The van der Waals surface area contributed by atoms with E-state index in [1.165, 1.54) is 11.3 Å². The Morgan fingerprint density at radius 2 is 1.67 bits per heavy atom. The summed E-state index contributed by atoms with van der Waals surface area (Å²) in [7, 11) is 0. The highest BCUT2D eigenvalue weighted by atomic mass is 35.5. The maximum atomic E-state index is 13.3. The van der Waals surface area contributed by atoms with Gasteiger partial charge in [0.15, 0.2) is 0 Å². The molecule has 0 saturated carbocycles. The average molecular weight is 437 g/mol. The minimum Gasteiger partial charge on any atom is -0.456 e. The molecule has 8 heteroatoms. The molecule has 30 heavy (non-hydrogen) atoms. The fraction of sp³-hybridized carbons (Fsp3) is 0.136. The maximum Gasteiger partial charge on any atom is 0.270 e. The number of fused-ring (bicyclic) bond motifs is 6. The van der Waals surface area contributed by atoms with Crippen LogP contribution in [0, 0.1) is 0 Å². The number of benzene rings is 2. The highest BCUT2D eigenvalue weighted by molar-refractivity contribution is 7.17. The van der Waals surface area contributed by atoms with Gasteiger partial charge in [0.2, 0.25) is 0 Å². The van der Waals surface area contributed by atoms with Crippen molar-refractivity contribution in [2.45, 2.75) is 19.3 Å². The number of halogens is 1. The maximum absolute atomic E-state index is 13.3. The average Bonchev–Trinajstić information content (AvgIpc) is 3.50. The van der Waals surface area contributed by atoms with Crippen LogP contribution < -0.4 is 10.2 Å². The van der Waals surface area contributed by atoms with E-state index in [-0.39, 0.29) is 17.0 Å². The number of carbonyl (C=O) groups excluding carboxylic acids is 3. The van der Waals surface area contributed by atoms with Crippen LogP contribution in [0.4, 0.5) is 10.7 Å². The normalized spacial score (nSPS) is 15.3. The van der Waals surface area contributed by atoms with Crippen molar-refractivity contribution < 1.29 is 18.8 Å². The molecule has 148 valence electrons. The lowest BCUT2D eigenvalue weighted by Gasteiger charge is -2.15. The van der Waals surface area contributed by atoms with Gasteiger partial charge in [-0.05, 0) is 61.2 Å². The topological polar surface area (TPSA) is 79.6 Å². The lowest BCUT2D eigenvalue weighted by Crippen LogP contribution is -2.31. The number of amides is 3. The van der Waals surface area contributed by atoms with Gasteiger partial charge in [-0.25, -0.2) is 4.90 Å². The lowest BCUT2D eigenvalue weighted by molar-refractivity contribution is 0.0927. The van der Waals surface area contributed by atoms with Crippen LogP contribution in [0.15, 0.2) is 40.8 Å². The van der Waals surface area contributed by atoms with E-state index in [4.69, 9.17) is 16.0 Å². The van der Waals surface area contributed by atoms with Gasteiger partial charge in [-0.2, -0.15) is 0 Å². The molecule has 2 aliphatic rings. The molecule has 0 fully saturated rings. The summed E-state index contributed by atoms with van der Waals surface area (Å²) in [5, 5.41) is 3.83. The first-order valence-corrected chi connectivity index (χ1v) is 10.7. The van der Waals surface area contributed by atoms with E-state index in [9.17, 15) is 14.4 Å². The molecule has 1 aliphatic carbocycles. The second-order valence-corrected chi connectivity index (χ2v) is 8.88. The Kier molecular flexibility index (Phi) is 3.63. The van der Waals surface area contributed by atoms with Gasteiger partial charge in [0.1, 0.15) is 16.2 Å². The molecule has 0 radical (unpaired) electrons. The standard InChI is InChI=1S/C22H13ClN2O4S/c23-10-4-6-11(7-5-10)24-19(26)16-12-2-1-3-15(12)30-22(16)25-20(27)17-13-8-9-14(29-13)18(17)21(25)28/h4-9H,1-3H2,(H,24,26). The summed E-state index contributed by atoms with van der Waals surface area (Å²) in [5.41, 5.74) is 3.29. The van der Waals surface area contributed by atoms with E-state index >= 15 is 0 Å². The lowest BCUT2D eigenvalue weighted by atomic mass is 10.1. The van der Waals surface area contributed by atoms with Gasteiger partial charge < -0.3 is 9.73 Å². The Bertz CT molecular complexity index is 1320. The first kappa shape index (κ1) is 17.7. The minimum absolute atomic E-state index is 0.287. The monoisotopic (exact) mass is 436 g/mol. The van der Waals surface area contributed by atoms with Crippen molar-refractivity contribution in [3.05, 3.63) is 68.6 Å². The fourth-order valence-corrected chi connectivity index (χ4v) is 5.79. The molecule has 0 unspecified atom stereocenters. The van der Waals surface area contributed by atoms with Crippen LogP contribution in [-0.2, 0) is 12.8 Å². The van der Waals surface area contributed by atoms with Crippen molar-refractivity contribution in [3.63, 3.8) is 0 Å². The van der Waals surface area contributed by atoms with Crippen molar-refractivity contribution in [2.75, 3.05) is 10.2 Å². The highest BCUT2D eigenvalue weighted by Gasteiger charge is 2.45. The van der Waals surface area contributed by atoms with Crippen LogP contribution in [0.2, 0.25) is 5.02 Å². The molecule has 0 atom stereocenters. The summed E-state index contributed by atoms with van der Waals surface area (Å²) in [6.45, 7) is 0. The smallest absolute Gasteiger partial charge is 0.270 e. The number of thiophene rings is 1. The van der Waals surface area contributed by atoms with Crippen LogP contribution in [0.5, 0.6) is 0 Å². The molecule has 1 aromatic carbocycles. The van der Waals surface area contributed by atoms with E-state index in [0.717, 1.165) is 34.6 Å². The zero-order valence-corrected chi connectivity index (χ0v) is 17.0. The third-order valence-electron chi connectivity index (χ3n) is 5.62. The number of imide groups is 1. The molecular weight excluding hydrogens is 424 g/mol. The second-order valence-electron chi connectivity index (χ2n) is 7.36. The zero-order valence-electron chi connectivity index (χ0n) is 15.5. The van der Waals surface area contributed by atoms with Gasteiger partial charge in [-0.15, -0.1) is 11.3 Å². The SMILES string of the molecule is O=C(Nc1ccc(Cl)cc1)c1c(N2C(=O)c3c(c4ccc3o4)C2=O)sc2c1CCC2. The first-order chi connectivity index (χ1) is 14.5. The molecule has 4 aromatic rings. The quantitative estimate of drug-likeness (QED) is 0.451. The van der Waals surface area contributed by atoms with E-state index in [1.54, 1.807) is 36.4 Å². The molecule has 1 N–H and O–H groups in total. The third kappa shape index (κ3) is 2.33. The summed E-state index contributed by atoms with van der Waals surface area (Å²) in [6.07, 6.45) is 2.54. The number of hydrogen-bond donors (Lipinski definition) is 1. The predicted octanol–water partition coefficient (Wildman–Crippen LogP) is 5.13. The molecule has 1 aliphatic heterocycles. The van der Waals surface area contributed by atoms with Crippen molar-refractivity contribution in [2.24, 2.45) is 0 Å². The van der Waals surface area contributed by atoms with Gasteiger partial charge in [0, 0.05) is 15.6 Å². The van der Waals surface area contributed by atoms with Gasteiger partial charge in [-0.1, -0.05) is 11.6 Å². The summed E-state index contributed by atoms with van der Waals surface area (Å²) in [4.78, 5) is 41.7. The number of carbonyl (C=O) groups is 3. The van der Waals surface area contributed by atoms with Crippen LogP contribution in [-0.4, -0.2) is 17.7 Å². The Morgan fingerprint density at radius 3 is 2.33 bits per heavy atom. The van der Waals surface area contributed by atoms with E-state index < -0.39 is 11.8 Å². The van der Waals surface area contributed by atoms with Crippen LogP contribution in [0.3, 0.4) is 0 Å². The van der Waals surface area contributed by atoms with Gasteiger partial charge in [0.25, 0.3) is 17.7 Å². The van der Waals surface area contributed by atoms with Crippen molar-refractivity contribution in [1.82, 2.24) is 0 Å². The molecule has 6 nitrogen and oxygen atoms in total. The van der Waals surface area contributed by atoms with Gasteiger partial charge >= 0.3 is 0 Å². The van der Waals surface area contributed by atoms with Crippen LogP contribution >= 0.6 is 22.9 Å². The molecule has 4 heterocycles. The summed E-state index contributed by atoms with van der Waals surface area (Å²) < 4.78 is 5.49. The van der Waals surface area contributed by atoms with Crippen LogP contribution in [0.25, 0.3) is 11.2 Å². The number of nitrogens with zero attached hydrogens (tertiary/aromatic N) is 1. The largest absolute Gasteiger partial charge is 0.456 e. The minimum atomic E-state index is -0.440. The molecule has 2 bridgehead atoms. The predicted molar refractivity (Wildman–Crippen MR) is 114 cm³/mol. The van der Waals surface area contributed by atoms with Crippen molar-refractivity contribution >= 4 is 62.5 Å². The van der Waals surface area contributed by atoms with Crippen molar-refractivity contribution in [3.8, 4) is 0 Å². The molecular formula is C22H13ClN2O4S. The van der Waals surface area contributed by atoms with E-state index in [0.29, 0.717) is 32.4 Å². The van der Waals surface area contributed by atoms with Crippen LogP contribution in [0.1, 0.15) is 47.9 Å². The second kappa shape index (κ2) is 6.17. The number of hydrogen-bond acceptors (Lipinski definition) is 5. The number of furan rings is 2. The van der Waals surface area contributed by atoms with E-state index in [1.807, 2.05) is 0 Å².